The maximum absolute atomic E-state index is 5.85. The number of hydrogen-bond acceptors (Lipinski definition) is 3. The van der Waals surface area contributed by atoms with Gasteiger partial charge in [0.15, 0.2) is 0 Å². The molecule has 1 atom stereocenters. The molecule has 0 saturated carbocycles. The molecule has 3 heteroatoms. The summed E-state index contributed by atoms with van der Waals surface area (Å²) in [5.74, 6) is 0. The summed E-state index contributed by atoms with van der Waals surface area (Å²) < 4.78 is 5.06. The minimum atomic E-state index is 0.447. The smallest absolute Gasteiger partial charge is 0.0587 e. The molecule has 0 heterocycles. The van der Waals surface area contributed by atoms with Gasteiger partial charge in [-0.05, 0) is 42.5 Å². The normalized spacial score (nSPS) is 19.4. The number of anilines is 1. The molecule has 2 rings (SSSR count). The third kappa shape index (κ3) is 2.54. The fourth-order valence-corrected chi connectivity index (χ4v) is 2.36. The zero-order valence-corrected chi connectivity index (χ0v) is 9.83. The van der Waals surface area contributed by atoms with Crippen molar-refractivity contribution in [1.82, 2.24) is 5.32 Å². The third-order valence-corrected chi connectivity index (χ3v) is 3.18. The number of nitrogens with two attached hydrogens (primary N) is 1. The number of aryl methyl sites for hydroxylation is 1. The van der Waals surface area contributed by atoms with E-state index < -0.39 is 0 Å². The lowest BCUT2D eigenvalue weighted by Gasteiger charge is -2.26. The highest BCUT2D eigenvalue weighted by atomic mass is 16.5. The molecule has 1 aromatic rings. The van der Waals surface area contributed by atoms with E-state index in [0.717, 1.165) is 18.8 Å². The van der Waals surface area contributed by atoms with Crippen molar-refractivity contribution in [2.24, 2.45) is 0 Å². The Morgan fingerprint density at radius 1 is 1.50 bits per heavy atom. The van der Waals surface area contributed by atoms with Crippen molar-refractivity contribution in [3.63, 3.8) is 0 Å². The Morgan fingerprint density at radius 3 is 3.19 bits per heavy atom. The van der Waals surface area contributed by atoms with Crippen molar-refractivity contribution in [1.29, 1.82) is 0 Å². The van der Waals surface area contributed by atoms with Gasteiger partial charge in [0.1, 0.15) is 0 Å². The Balaban J connectivity index is 2.09. The summed E-state index contributed by atoms with van der Waals surface area (Å²) in [5.41, 5.74) is 9.52. The average Bonchev–Trinajstić information content (AvgIpc) is 2.30. The molecule has 3 nitrogen and oxygen atoms in total. The molecule has 1 aliphatic carbocycles. The second-order valence-corrected chi connectivity index (χ2v) is 4.35. The van der Waals surface area contributed by atoms with E-state index >= 15 is 0 Å². The van der Waals surface area contributed by atoms with E-state index in [1.165, 1.54) is 30.4 Å². The molecule has 16 heavy (non-hydrogen) atoms. The van der Waals surface area contributed by atoms with Crippen LogP contribution in [0.3, 0.4) is 0 Å². The lowest BCUT2D eigenvalue weighted by Crippen LogP contribution is -2.28. The second-order valence-electron chi connectivity index (χ2n) is 4.35. The van der Waals surface area contributed by atoms with Crippen molar-refractivity contribution >= 4 is 5.69 Å². The molecule has 0 saturated heterocycles. The number of ether oxygens (including phenoxy) is 1. The minimum absolute atomic E-state index is 0.447. The van der Waals surface area contributed by atoms with Crippen molar-refractivity contribution in [2.45, 2.75) is 25.3 Å². The fourth-order valence-electron chi connectivity index (χ4n) is 2.36. The number of rotatable bonds is 4. The highest BCUT2D eigenvalue weighted by Gasteiger charge is 2.19. The monoisotopic (exact) mass is 220 g/mol. The molecule has 1 aliphatic rings. The summed E-state index contributed by atoms with van der Waals surface area (Å²) in [7, 11) is 1.73. The highest BCUT2D eigenvalue weighted by molar-refractivity contribution is 5.46. The first kappa shape index (κ1) is 11.4. The Kier molecular flexibility index (Phi) is 3.80. The van der Waals surface area contributed by atoms with Gasteiger partial charge in [0.2, 0.25) is 0 Å². The molecule has 0 spiro atoms. The van der Waals surface area contributed by atoms with Gasteiger partial charge in [-0.15, -0.1) is 0 Å². The minimum Gasteiger partial charge on any atom is -0.399 e. The Bertz CT molecular complexity index is 352. The predicted molar refractivity (Wildman–Crippen MR) is 66.4 cm³/mol. The SMILES string of the molecule is COCCNC1CCCc2ccc(N)cc21. The molecule has 0 aliphatic heterocycles. The molecule has 0 amide bonds. The molecular weight excluding hydrogens is 200 g/mol. The lowest BCUT2D eigenvalue weighted by molar-refractivity contribution is 0.194. The van der Waals surface area contributed by atoms with E-state index in [9.17, 15) is 0 Å². The fraction of sp³-hybridized carbons (Fsp3) is 0.538. The summed E-state index contributed by atoms with van der Waals surface area (Å²) in [6, 6.07) is 6.71. The predicted octanol–water partition coefficient (Wildman–Crippen LogP) is 1.88. The van der Waals surface area contributed by atoms with Crippen LogP contribution < -0.4 is 11.1 Å². The van der Waals surface area contributed by atoms with Crippen LogP contribution in [0, 0.1) is 0 Å². The number of hydrogen-bond donors (Lipinski definition) is 2. The van der Waals surface area contributed by atoms with Crippen LogP contribution in [0.1, 0.15) is 30.0 Å². The maximum Gasteiger partial charge on any atom is 0.0587 e. The average molecular weight is 220 g/mol. The molecule has 3 N–H and O–H groups in total. The number of fused-ring (bicyclic) bond motifs is 1. The Hall–Kier alpha value is -1.06. The number of nitrogen functional groups attached to an aromatic ring is 1. The highest BCUT2D eigenvalue weighted by Crippen LogP contribution is 2.30. The van der Waals surface area contributed by atoms with Gasteiger partial charge in [-0.25, -0.2) is 0 Å². The van der Waals surface area contributed by atoms with Gasteiger partial charge in [0, 0.05) is 25.4 Å². The van der Waals surface area contributed by atoms with Crippen LogP contribution >= 0.6 is 0 Å². The van der Waals surface area contributed by atoms with Gasteiger partial charge in [-0.2, -0.15) is 0 Å². The van der Waals surface area contributed by atoms with Crippen LogP contribution in [0.5, 0.6) is 0 Å². The summed E-state index contributed by atoms with van der Waals surface area (Å²) >= 11 is 0. The van der Waals surface area contributed by atoms with Crippen molar-refractivity contribution in [2.75, 3.05) is 26.0 Å². The molecule has 0 bridgehead atoms. The number of benzene rings is 1. The molecule has 1 aromatic carbocycles. The van der Waals surface area contributed by atoms with Crippen LogP contribution in [0.15, 0.2) is 18.2 Å². The van der Waals surface area contributed by atoms with Gasteiger partial charge in [0.05, 0.1) is 6.61 Å². The number of nitrogens with one attached hydrogen (secondary N) is 1. The topological polar surface area (TPSA) is 47.3 Å². The Labute approximate surface area is 97.0 Å². The first-order valence-electron chi connectivity index (χ1n) is 5.92. The van der Waals surface area contributed by atoms with Crippen LogP contribution in [0.4, 0.5) is 5.69 Å². The van der Waals surface area contributed by atoms with E-state index in [0.29, 0.717) is 6.04 Å². The van der Waals surface area contributed by atoms with E-state index in [4.69, 9.17) is 10.5 Å². The van der Waals surface area contributed by atoms with E-state index in [1.807, 2.05) is 6.07 Å². The summed E-state index contributed by atoms with van der Waals surface area (Å²) in [6.07, 6.45) is 3.62. The molecule has 0 radical (unpaired) electrons. The van der Waals surface area contributed by atoms with Crippen LogP contribution in [0.2, 0.25) is 0 Å². The van der Waals surface area contributed by atoms with Crippen LogP contribution in [-0.4, -0.2) is 20.3 Å². The first-order chi connectivity index (χ1) is 7.81. The molecular formula is C13H20N2O. The van der Waals surface area contributed by atoms with Gasteiger partial charge in [-0.1, -0.05) is 6.07 Å². The van der Waals surface area contributed by atoms with E-state index in [-0.39, 0.29) is 0 Å². The largest absolute Gasteiger partial charge is 0.399 e. The van der Waals surface area contributed by atoms with Gasteiger partial charge >= 0.3 is 0 Å². The third-order valence-electron chi connectivity index (χ3n) is 3.18. The zero-order chi connectivity index (χ0) is 11.4. The van der Waals surface area contributed by atoms with Crippen molar-refractivity contribution in [3.8, 4) is 0 Å². The quantitative estimate of drug-likeness (QED) is 0.601. The number of methoxy groups -OCH3 is 1. The van der Waals surface area contributed by atoms with Gasteiger partial charge in [0.25, 0.3) is 0 Å². The summed E-state index contributed by atoms with van der Waals surface area (Å²) in [4.78, 5) is 0. The van der Waals surface area contributed by atoms with E-state index in [1.54, 1.807) is 7.11 Å². The lowest BCUT2D eigenvalue weighted by atomic mass is 9.87. The maximum atomic E-state index is 5.85. The molecule has 1 unspecified atom stereocenters. The van der Waals surface area contributed by atoms with Crippen LogP contribution in [-0.2, 0) is 11.2 Å². The standard InChI is InChI=1S/C13H20N2O/c1-16-8-7-15-13-4-2-3-10-5-6-11(14)9-12(10)13/h5-6,9,13,15H,2-4,7-8,14H2,1H3. The van der Waals surface area contributed by atoms with Gasteiger partial charge in [-0.3, -0.25) is 0 Å². The Morgan fingerprint density at radius 2 is 2.38 bits per heavy atom. The molecule has 0 aromatic heterocycles. The van der Waals surface area contributed by atoms with Gasteiger partial charge < -0.3 is 15.8 Å². The van der Waals surface area contributed by atoms with Crippen molar-refractivity contribution < 1.29 is 4.74 Å². The second kappa shape index (κ2) is 5.32. The first-order valence-corrected chi connectivity index (χ1v) is 5.92. The molecule has 0 fully saturated rings. The summed E-state index contributed by atoms with van der Waals surface area (Å²) in [6.45, 7) is 1.66. The summed E-state index contributed by atoms with van der Waals surface area (Å²) in [5, 5.41) is 3.53. The zero-order valence-electron chi connectivity index (χ0n) is 9.83. The molecule has 88 valence electrons. The van der Waals surface area contributed by atoms with Crippen molar-refractivity contribution in [3.05, 3.63) is 29.3 Å². The van der Waals surface area contributed by atoms with E-state index in [2.05, 4.69) is 17.4 Å². The van der Waals surface area contributed by atoms with Crippen LogP contribution in [0.25, 0.3) is 0 Å².